The van der Waals surface area contributed by atoms with Crippen LogP contribution >= 0.6 is 0 Å². The van der Waals surface area contributed by atoms with Crippen molar-refractivity contribution in [3.63, 3.8) is 0 Å². The third-order valence-corrected chi connectivity index (χ3v) is 2.85. The minimum atomic E-state index is -0.826. The molecule has 1 aromatic rings. The Morgan fingerprint density at radius 2 is 2.00 bits per heavy atom. The van der Waals surface area contributed by atoms with E-state index in [1.165, 1.54) is 6.07 Å². The lowest BCUT2D eigenvalue weighted by atomic mass is 10.2. The zero-order valence-electron chi connectivity index (χ0n) is 11.8. The number of nitrogens with one attached hydrogen (secondary N) is 1. The van der Waals surface area contributed by atoms with E-state index in [9.17, 15) is 13.6 Å². The number of halogens is 2. The molecule has 0 bridgehead atoms. The molecule has 1 rings (SSSR count). The Morgan fingerprint density at radius 1 is 1.20 bits per heavy atom. The fraction of sp³-hybridized carbons (Fsp3) is 0.533. The molecule has 0 radical (unpaired) electrons. The van der Waals surface area contributed by atoms with Crippen molar-refractivity contribution in [1.29, 1.82) is 0 Å². The quantitative estimate of drug-likeness (QED) is 0.559. The van der Waals surface area contributed by atoms with Crippen LogP contribution in [0.15, 0.2) is 18.2 Å². The molecule has 1 N–H and O–H groups in total. The van der Waals surface area contributed by atoms with Crippen LogP contribution in [-0.4, -0.2) is 19.1 Å². The molecule has 0 atom stereocenters. The van der Waals surface area contributed by atoms with Gasteiger partial charge in [-0.1, -0.05) is 12.5 Å². The van der Waals surface area contributed by atoms with Gasteiger partial charge in [-0.25, -0.2) is 8.78 Å². The van der Waals surface area contributed by atoms with E-state index >= 15 is 0 Å². The Balaban J connectivity index is 2.04. The second-order valence-corrected chi connectivity index (χ2v) is 4.54. The van der Waals surface area contributed by atoms with Gasteiger partial charge in [-0.15, -0.1) is 0 Å². The molecule has 0 saturated heterocycles. The highest BCUT2D eigenvalue weighted by Crippen LogP contribution is 2.08. The molecule has 0 unspecified atom stereocenters. The predicted octanol–water partition coefficient (Wildman–Crippen LogP) is 3.18. The van der Waals surface area contributed by atoms with Crippen molar-refractivity contribution < 1.29 is 18.3 Å². The number of carbonyl (C=O) groups excluding carboxylic acids is 1. The van der Waals surface area contributed by atoms with E-state index in [-0.39, 0.29) is 5.97 Å². The van der Waals surface area contributed by atoms with Crippen LogP contribution in [0.25, 0.3) is 0 Å². The number of rotatable bonds is 9. The van der Waals surface area contributed by atoms with E-state index in [1.807, 2.05) is 0 Å². The summed E-state index contributed by atoms with van der Waals surface area (Å²) < 4.78 is 30.5. The van der Waals surface area contributed by atoms with Crippen LogP contribution in [0.3, 0.4) is 0 Å². The van der Waals surface area contributed by atoms with Gasteiger partial charge in [0, 0.05) is 13.0 Å². The molecule has 5 heteroatoms. The molecule has 0 fully saturated rings. The zero-order chi connectivity index (χ0) is 14.8. The first-order valence-corrected chi connectivity index (χ1v) is 6.93. The van der Waals surface area contributed by atoms with Gasteiger partial charge in [-0.2, -0.15) is 0 Å². The van der Waals surface area contributed by atoms with Gasteiger partial charge >= 0.3 is 5.97 Å². The molecule has 0 aliphatic rings. The van der Waals surface area contributed by atoms with Crippen molar-refractivity contribution in [3.05, 3.63) is 35.4 Å². The van der Waals surface area contributed by atoms with E-state index in [2.05, 4.69) is 5.32 Å². The average molecular weight is 285 g/mol. The van der Waals surface area contributed by atoms with Gasteiger partial charge in [-0.05, 0) is 44.0 Å². The summed E-state index contributed by atoms with van der Waals surface area (Å²) in [5, 5.41) is 3.16. The predicted molar refractivity (Wildman–Crippen MR) is 73.2 cm³/mol. The summed E-state index contributed by atoms with van der Waals surface area (Å²) in [6.45, 7) is 3.51. The first kappa shape index (κ1) is 16.6. The summed E-state index contributed by atoms with van der Waals surface area (Å²) in [6, 6.07) is 3.89. The Labute approximate surface area is 118 Å². The zero-order valence-corrected chi connectivity index (χ0v) is 11.8. The monoisotopic (exact) mass is 285 g/mol. The summed E-state index contributed by atoms with van der Waals surface area (Å²) in [5.74, 6) is -1.80. The number of esters is 1. The van der Waals surface area contributed by atoms with Gasteiger partial charge in [-0.3, -0.25) is 4.79 Å². The minimum Gasteiger partial charge on any atom is -0.466 e. The van der Waals surface area contributed by atoms with Crippen LogP contribution in [0.2, 0.25) is 0 Å². The summed E-state index contributed by atoms with van der Waals surface area (Å²) >= 11 is 0. The van der Waals surface area contributed by atoms with Crippen molar-refractivity contribution in [3.8, 4) is 0 Å². The smallest absolute Gasteiger partial charge is 0.305 e. The normalized spacial score (nSPS) is 10.6. The lowest BCUT2D eigenvalue weighted by Crippen LogP contribution is -2.15. The van der Waals surface area contributed by atoms with Crippen LogP contribution in [0.4, 0.5) is 8.78 Å². The minimum absolute atomic E-state index is 0.151. The van der Waals surface area contributed by atoms with Crippen molar-refractivity contribution >= 4 is 5.97 Å². The Kier molecular flexibility index (Phi) is 7.80. The summed E-state index contributed by atoms with van der Waals surface area (Å²) in [5.41, 5.74) is 0.718. The Morgan fingerprint density at radius 3 is 2.70 bits per heavy atom. The molecule has 0 spiro atoms. The third kappa shape index (κ3) is 6.61. The maximum absolute atomic E-state index is 12.9. The fourth-order valence-electron chi connectivity index (χ4n) is 1.81. The third-order valence-electron chi connectivity index (χ3n) is 2.85. The topological polar surface area (TPSA) is 38.3 Å². The highest BCUT2D eigenvalue weighted by atomic mass is 19.2. The average Bonchev–Trinajstić information content (AvgIpc) is 2.42. The highest BCUT2D eigenvalue weighted by molar-refractivity contribution is 5.69. The van der Waals surface area contributed by atoms with Crippen molar-refractivity contribution in [1.82, 2.24) is 5.32 Å². The van der Waals surface area contributed by atoms with Crippen LogP contribution in [0.5, 0.6) is 0 Å². The van der Waals surface area contributed by atoms with Crippen LogP contribution in [0, 0.1) is 11.6 Å². The molecule has 0 saturated carbocycles. The summed E-state index contributed by atoms with van der Waals surface area (Å²) in [4.78, 5) is 11.1. The van der Waals surface area contributed by atoms with Crippen molar-refractivity contribution in [2.75, 3.05) is 13.2 Å². The maximum atomic E-state index is 12.9. The van der Waals surface area contributed by atoms with Crippen LogP contribution in [-0.2, 0) is 16.1 Å². The van der Waals surface area contributed by atoms with Crippen molar-refractivity contribution in [2.24, 2.45) is 0 Å². The van der Waals surface area contributed by atoms with Crippen molar-refractivity contribution in [2.45, 2.75) is 39.2 Å². The second-order valence-electron chi connectivity index (χ2n) is 4.54. The molecular formula is C15H21F2NO2. The molecule has 0 heterocycles. The fourth-order valence-corrected chi connectivity index (χ4v) is 1.81. The number of benzene rings is 1. The van der Waals surface area contributed by atoms with Gasteiger partial charge in [0.2, 0.25) is 0 Å². The number of carbonyl (C=O) groups is 1. The van der Waals surface area contributed by atoms with E-state index in [0.29, 0.717) is 19.6 Å². The molecule has 112 valence electrons. The lowest BCUT2D eigenvalue weighted by Gasteiger charge is -2.05. The maximum Gasteiger partial charge on any atom is 0.305 e. The van der Waals surface area contributed by atoms with E-state index in [0.717, 1.165) is 37.4 Å². The molecular weight excluding hydrogens is 264 g/mol. The van der Waals surface area contributed by atoms with Gasteiger partial charge in [0.25, 0.3) is 0 Å². The number of unbranched alkanes of at least 4 members (excludes halogenated alkanes) is 2. The number of hydrogen-bond donors (Lipinski definition) is 1. The molecule has 3 nitrogen and oxygen atoms in total. The number of hydrogen-bond acceptors (Lipinski definition) is 3. The summed E-state index contributed by atoms with van der Waals surface area (Å²) in [7, 11) is 0. The van der Waals surface area contributed by atoms with Crippen LogP contribution in [0.1, 0.15) is 38.2 Å². The van der Waals surface area contributed by atoms with E-state index < -0.39 is 11.6 Å². The van der Waals surface area contributed by atoms with Crippen LogP contribution < -0.4 is 5.32 Å². The SMILES string of the molecule is CCOC(=O)CCCCCNCc1ccc(F)c(F)c1. The molecule has 20 heavy (non-hydrogen) atoms. The molecule has 1 aromatic carbocycles. The van der Waals surface area contributed by atoms with E-state index in [4.69, 9.17) is 4.74 Å². The standard InChI is InChI=1S/C15H21F2NO2/c1-2-20-15(19)6-4-3-5-9-18-11-12-7-8-13(16)14(17)10-12/h7-8,10,18H,2-6,9,11H2,1H3. The van der Waals surface area contributed by atoms with Gasteiger partial charge in [0.1, 0.15) is 0 Å². The highest BCUT2D eigenvalue weighted by Gasteiger charge is 2.02. The Hall–Kier alpha value is -1.49. The van der Waals surface area contributed by atoms with E-state index in [1.54, 1.807) is 13.0 Å². The lowest BCUT2D eigenvalue weighted by molar-refractivity contribution is -0.143. The van der Waals surface area contributed by atoms with Gasteiger partial charge in [0.05, 0.1) is 6.61 Å². The molecule has 0 aromatic heterocycles. The molecule has 0 aliphatic carbocycles. The second kappa shape index (κ2) is 9.42. The first-order valence-electron chi connectivity index (χ1n) is 6.93. The molecule has 0 amide bonds. The largest absolute Gasteiger partial charge is 0.466 e. The first-order chi connectivity index (χ1) is 9.63. The molecule has 0 aliphatic heterocycles. The summed E-state index contributed by atoms with van der Waals surface area (Å²) in [6.07, 6.45) is 3.13. The Bertz CT molecular complexity index is 424. The van der Waals surface area contributed by atoms with Gasteiger partial charge in [0.15, 0.2) is 11.6 Å². The number of ether oxygens (including phenoxy) is 1. The van der Waals surface area contributed by atoms with Gasteiger partial charge < -0.3 is 10.1 Å².